The lowest BCUT2D eigenvalue weighted by atomic mass is 9.97. The summed E-state index contributed by atoms with van der Waals surface area (Å²) >= 11 is 3.64. The second kappa shape index (κ2) is 6.74. The number of nitrogens with zero attached hydrogens (tertiary/aromatic N) is 2. The number of aromatic nitrogens is 2. The Balaban J connectivity index is 1.53. The van der Waals surface area contributed by atoms with Crippen LogP contribution in [0.3, 0.4) is 0 Å². The third kappa shape index (κ3) is 2.85. The van der Waals surface area contributed by atoms with E-state index in [9.17, 15) is 4.79 Å². The highest BCUT2D eigenvalue weighted by molar-refractivity contribution is 7.99. The van der Waals surface area contributed by atoms with E-state index in [2.05, 4.69) is 34.1 Å². The number of fused-ring (bicyclic) bond motifs is 4. The molecule has 26 heavy (non-hydrogen) atoms. The van der Waals surface area contributed by atoms with E-state index < -0.39 is 0 Å². The largest absolute Gasteiger partial charge is 0.363 e. The normalized spacial score (nSPS) is 17.0. The molecule has 2 aliphatic rings. The molecule has 1 N–H and O–H groups in total. The Hall–Kier alpha value is -1.79. The second-order valence-corrected chi connectivity index (χ2v) is 9.22. The molecule has 3 heterocycles. The minimum atomic E-state index is 0.0434. The number of para-hydroxylation sites is 1. The molecule has 0 fully saturated rings. The Morgan fingerprint density at radius 1 is 1.15 bits per heavy atom. The number of thioether (sulfide) groups is 1. The molecule has 6 heteroatoms. The summed E-state index contributed by atoms with van der Waals surface area (Å²) in [5.74, 6) is 1.91. The number of anilines is 1. The summed E-state index contributed by atoms with van der Waals surface area (Å²) in [5.41, 5.74) is 2.55. The average Bonchev–Trinajstić information content (AvgIpc) is 2.91. The van der Waals surface area contributed by atoms with Crippen molar-refractivity contribution in [3.05, 3.63) is 50.9 Å². The van der Waals surface area contributed by atoms with E-state index in [4.69, 9.17) is 4.98 Å². The standard InChI is InChI=1S/C20H21N3OS2/c24-19-18-13-6-1-3-8-15(13)26-20(18)22-17(21-19)12-23-10-5-11-25-16-9-4-2-7-14(16)23/h2,4,7,9H,1,3,5-6,8,10-12H2,(H,21,22,24). The first-order valence-corrected chi connectivity index (χ1v) is 11.1. The lowest BCUT2D eigenvalue weighted by Crippen LogP contribution is -2.26. The van der Waals surface area contributed by atoms with Gasteiger partial charge in [-0.05, 0) is 55.6 Å². The topological polar surface area (TPSA) is 49.0 Å². The van der Waals surface area contributed by atoms with Crippen molar-refractivity contribution < 1.29 is 0 Å². The maximum Gasteiger partial charge on any atom is 0.259 e. The van der Waals surface area contributed by atoms with Gasteiger partial charge in [0.1, 0.15) is 10.7 Å². The van der Waals surface area contributed by atoms with Crippen LogP contribution in [-0.4, -0.2) is 22.3 Å². The maximum atomic E-state index is 12.8. The number of aromatic amines is 1. The van der Waals surface area contributed by atoms with Gasteiger partial charge in [0.2, 0.25) is 0 Å². The first-order valence-electron chi connectivity index (χ1n) is 9.30. The summed E-state index contributed by atoms with van der Waals surface area (Å²) in [6.07, 6.45) is 5.67. The molecule has 4 nitrogen and oxygen atoms in total. The first kappa shape index (κ1) is 16.4. The summed E-state index contributed by atoms with van der Waals surface area (Å²) in [6.45, 7) is 1.65. The van der Waals surface area contributed by atoms with E-state index >= 15 is 0 Å². The highest BCUT2D eigenvalue weighted by Gasteiger charge is 2.21. The Morgan fingerprint density at radius 3 is 3.00 bits per heavy atom. The number of H-pyrrole nitrogens is 1. The molecule has 1 aliphatic carbocycles. The third-order valence-electron chi connectivity index (χ3n) is 5.25. The van der Waals surface area contributed by atoms with Crippen LogP contribution in [0, 0.1) is 0 Å². The van der Waals surface area contributed by atoms with Crippen LogP contribution in [0.1, 0.15) is 35.5 Å². The fourth-order valence-corrected chi connectivity index (χ4v) is 6.32. The monoisotopic (exact) mass is 383 g/mol. The zero-order chi connectivity index (χ0) is 17.5. The van der Waals surface area contributed by atoms with E-state index in [-0.39, 0.29) is 5.56 Å². The van der Waals surface area contributed by atoms with Gasteiger partial charge >= 0.3 is 0 Å². The average molecular weight is 384 g/mol. The van der Waals surface area contributed by atoms with E-state index in [1.807, 2.05) is 11.8 Å². The molecule has 0 spiro atoms. The van der Waals surface area contributed by atoms with Crippen molar-refractivity contribution in [1.82, 2.24) is 9.97 Å². The third-order valence-corrected chi connectivity index (χ3v) is 7.59. The predicted molar refractivity (Wildman–Crippen MR) is 110 cm³/mol. The van der Waals surface area contributed by atoms with Crippen molar-refractivity contribution in [3.63, 3.8) is 0 Å². The molecule has 0 bridgehead atoms. The summed E-state index contributed by atoms with van der Waals surface area (Å²) in [4.78, 5) is 26.7. The SMILES string of the molecule is O=c1[nH]c(CN2CCCSc3ccccc32)nc2sc3c(c12)CCCC3. The van der Waals surface area contributed by atoms with Crippen LogP contribution in [0.15, 0.2) is 34.0 Å². The molecule has 0 unspecified atom stereocenters. The van der Waals surface area contributed by atoms with Crippen LogP contribution in [0.4, 0.5) is 5.69 Å². The van der Waals surface area contributed by atoms with Gasteiger partial charge in [0, 0.05) is 16.3 Å². The summed E-state index contributed by atoms with van der Waals surface area (Å²) in [6, 6.07) is 8.54. The van der Waals surface area contributed by atoms with Crippen molar-refractivity contribution >= 4 is 39.0 Å². The fraction of sp³-hybridized carbons (Fsp3) is 0.400. The van der Waals surface area contributed by atoms with E-state index in [1.54, 1.807) is 11.3 Å². The number of hydrogen-bond donors (Lipinski definition) is 1. The van der Waals surface area contributed by atoms with Gasteiger partial charge in [0.05, 0.1) is 17.6 Å². The van der Waals surface area contributed by atoms with Crippen LogP contribution < -0.4 is 10.5 Å². The molecule has 0 saturated heterocycles. The molecule has 1 aliphatic heterocycles. The first-order chi connectivity index (χ1) is 12.8. The van der Waals surface area contributed by atoms with Gasteiger partial charge in [-0.15, -0.1) is 23.1 Å². The summed E-state index contributed by atoms with van der Waals surface area (Å²) in [5, 5.41) is 0.847. The highest BCUT2D eigenvalue weighted by Crippen LogP contribution is 2.35. The Morgan fingerprint density at radius 2 is 2.04 bits per heavy atom. The molecular formula is C20H21N3OS2. The molecule has 2 aromatic heterocycles. The second-order valence-electron chi connectivity index (χ2n) is 6.99. The lowest BCUT2D eigenvalue weighted by Gasteiger charge is -2.23. The molecular weight excluding hydrogens is 362 g/mol. The van der Waals surface area contributed by atoms with Crippen molar-refractivity contribution in [2.45, 2.75) is 43.5 Å². The Labute approximate surface area is 160 Å². The predicted octanol–water partition coefficient (Wildman–Crippen LogP) is 4.37. The van der Waals surface area contributed by atoms with Gasteiger partial charge in [-0.1, -0.05) is 12.1 Å². The number of nitrogens with one attached hydrogen (secondary N) is 1. The van der Waals surface area contributed by atoms with Gasteiger partial charge in [-0.2, -0.15) is 0 Å². The molecule has 0 atom stereocenters. The van der Waals surface area contributed by atoms with Crippen molar-refractivity contribution in [1.29, 1.82) is 0 Å². The molecule has 0 saturated carbocycles. The van der Waals surface area contributed by atoms with Gasteiger partial charge in [-0.3, -0.25) is 4.79 Å². The number of thiophene rings is 1. The van der Waals surface area contributed by atoms with Crippen LogP contribution >= 0.6 is 23.1 Å². The molecule has 0 amide bonds. The molecule has 134 valence electrons. The minimum absolute atomic E-state index is 0.0434. The van der Waals surface area contributed by atoms with Crippen LogP contribution in [-0.2, 0) is 19.4 Å². The van der Waals surface area contributed by atoms with Crippen LogP contribution in [0.25, 0.3) is 10.2 Å². The van der Waals surface area contributed by atoms with Crippen molar-refractivity contribution in [3.8, 4) is 0 Å². The maximum absolute atomic E-state index is 12.8. The Kier molecular flexibility index (Phi) is 4.25. The summed E-state index contributed by atoms with van der Waals surface area (Å²) in [7, 11) is 0. The highest BCUT2D eigenvalue weighted by atomic mass is 32.2. The van der Waals surface area contributed by atoms with Crippen LogP contribution in [0.5, 0.6) is 0 Å². The zero-order valence-corrected chi connectivity index (χ0v) is 16.2. The van der Waals surface area contributed by atoms with Crippen LogP contribution in [0.2, 0.25) is 0 Å². The van der Waals surface area contributed by atoms with E-state index in [0.29, 0.717) is 6.54 Å². The number of hydrogen-bond acceptors (Lipinski definition) is 5. The minimum Gasteiger partial charge on any atom is -0.363 e. The van der Waals surface area contributed by atoms with Gasteiger partial charge in [-0.25, -0.2) is 4.98 Å². The lowest BCUT2D eigenvalue weighted by molar-refractivity contribution is 0.699. The van der Waals surface area contributed by atoms with Crippen molar-refractivity contribution in [2.24, 2.45) is 0 Å². The van der Waals surface area contributed by atoms with Gasteiger partial charge in [0.15, 0.2) is 0 Å². The van der Waals surface area contributed by atoms with Crippen molar-refractivity contribution in [2.75, 3.05) is 17.2 Å². The number of rotatable bonds is 2. The smallest absolute Gasteiger partial charge is 0.259 e. The van der Waals surface area contributed by atoms with E-state index in [1.165, 1.54) is 33.9 Å². The van der Waals surface area contributed by atoms with Gasteiger partial charge in [0.25, 0.3) is 5.56 Å². The molecule has 3 aromatic rings. The quantitative estimate of drug-likeness (QED) is 0.714. The zero-order valence-electron chi connectivity index (χ0n) is 14.6. The number of aryl methyl sites for hydroxylation is 2. The van der Waals surface area contributed by atoms with Gasteiger partial charge < -0.3 is 9.88 Å². The molecule has 5 rings (SSSR count). The summed E-state index contributed by atoms with van der Waals surface area (Å²) < 4.78 is 0. The molecule has 1 aromatic carbocycles. The fourth-order valence-electron chi connectivity index (χ4n) is 4.03. The molecule has 0 radical (unpaired) electrons. The Bertz CT molecular complexity index is 1020. The van der Waals surface area contributed by atoms with E-state index in [0.717, 1.165) is 47.6 Å². The number of benzene rings is 1.